The van der Waals surface area contributed by atoms with Gasteiger partial charge < -0.3 is 9.67 Å². The number of rotatable bonds is 7. The van der Waals surface area contributed by atoms with E-state index in [2.05, 4.69) is 0 Å². The van der Waals surface area contributed by atoms with Gasteiger partial charge in [0.05, 0.1) is 0 Å². The first-order valence-corrected chi connectivity index (χ1v) is 6.89. The first kappa shape index (κ1) is 14.7. The first-order chi connectivity index (χ1) is 8.42. The van der Waals surface area contributed by atoms with Gasteiger partial charge in [-0.3, -0.25) is 0 Å². The smallest absolute Gasteiger partial charge is 0.352 e. The number of aromatic carboxylic acids is 1. The Bertz CT molecular complexity index is 524. The number of aryl methyl sites for hydroxylation is 1. The van der Waals surface area contributed by atoms with E-state index in [0.29, 0.717) is 13.0 Å². The highest BCUT2D eigenvalue weighted by molar-refractivity contribution is 7.89. The molecular formula is C10H15FN2O4S. The van der Waals surface area contributed by atoms with Crippen molar-refractivity contribution >= 4 is 16.0 Å². The van der Waals surface area contributed by atoms with Crippen LogP contribution < -0.4 is 4.72 Å². The van der Waals surface area contributed by atoms with E-state index in [1.54, 1.807) is 0 Å². The van der Waals surface area contributed by atoms with E-state index in [4.69, 9.17) is 5.11 Å². The summed E-state index contributed by atoms with van der Waals surface area (Å²) in [6.07, 6.45) is 1.92. The van der Waals surface area contributed by atoms with Crippen molar-refractivity contribution in [2.24, 2.45) is 0 Å². The van der Waals surface area contributed by atoms with E-state index in [1.807, 2.05) is 11.6 Å². The summed E-state index contributed by atoms with van der Waals surface area (Å²) in [6.45, 7) is 1.10. The third-order valence-electron chi connectivity index (χ3n) is 2.25. The molecule has 102 valence electrons. The fourth-order valence-electron chi connectivity index (χ4n) is 1.49. The third-order valence-corrected chi connectivity index (χ3v) is 3.68. The summed E-state index contributed by atoms with van der Waals surface area (Å²) < 4.78 is 38.7. The van der Waals surface area contributed by atoms with Crippen LogP contribution in [0.5, 0.6) is 0 Å². The maximum Gasteiger partial charge on any atom is 0.352 e. The predicted molar refractivity (Wildman–Crippen MR) is 62.8 cm³/mol. The van der Waals surface area contributed by atoms with Crippen LogP contribution in [0.15, 0.2) is 17.2 Å². The zero-order chi connectivity index (χ0) is 13.8. The summed E-state index contributed by atoms with van der Waals surface area (Å²) in [5.41, 5.74) is -0.0996. The normalized spacial score (nSPS) is 11.7. The molecule has 2 N–H and O–H groups in total. The largest absolute Gasteiger partial charge is 0.477 e. The van der Waals surface area contributed by atoms with Crippen LogP contribution in [0.1, 0.15) is 23.8 Å². The molecule has 0 saturated heterocycles. The summed E-state index contributed by atoms with van der Waals surface area (Å²) in [4.78, 5) is 10.8. The van der Waals surface area contributed by atoms with Gasteiger partial charge in [-0.15, -0.1) is 0 Å². The highest BCUT2D eigenvalue weighted by Gasteiger charge is 2.20. The number of carboxylic acid groups (broad SMARTS) is 1. The fourth-order valence-corrected chi connectivity index (χ4v) is 2.54. The van der Waals surface area contributed by atoms with E-state index in [9.17, 15) is 17.6 Å². The number of nitrogens with zero attached hydrogens (tertiary/aromatic N) is 1. The molecule has 0 aliphatic heterocycles. The molecule has 6 nitrogen and oxygen atoms in total. The maximum atomic E-state index is 11.9. The molecule has 0 bridgehead atoms. The molecule has 18 heavy (non-hydrogen) atoms. The lowest BCUT2D eigenvalue weighted by Crippen LogP contribution is -2.25. The molecule has 1 aromatic rings. The number of carboxylic acids is 1. The third kappa shape index (κ3) is 3.30. The molecule has 0 unspecified atom stereocenters. The van der Waals surface area contributed by atoms with Gasteiger partial charge in [0.1, 0.15) is 17.3 Å². The van der Waals surface area contributed by atoms with Crippen molar-refractivity contribution in [2.75, 3.05) is 13.2 Å². The zero-order valence-electron chi connectivity index (χ0n) is 9.89. The van der Waals surface area contributed by atoms with Crippen LogP contribution in [0.2, 0.25) is 0 Å². The number of carbonyl (C=O) groups is 1. The number of hydrogen-bond donors (Lipinski definition) is 2. The molecule has 0 amide bonds. The molecule has 0 aliphatic rings. The van der Waals surface area contributed by atoms with E-state index >= 15 is 0 Å². The number of sulfonamides is 1. The molecule has 0 spiro atoms. The quantitative estimate of drug-likeness (QED) is 0.773. The van der Waals surface area contributed by atoms with Crippen molar-refractivity contribution in [3.63, 3.8) is 0 Å². The summed E-state index contributed by atoms with van der Waals surface area (Å²) in [6, 6.07) is 1.07. The van der Waals surface area contributed by atoms with Gasteiger partial charge in [0.25, 0.3) is 0 Å². The van der Waals surface area contributed by atoms with Gasteiger partial charge in [-0.2, -0.15) is 0 Å². The van der Waals surface area contributed by atoms with Crippen molar-refractivity contribution in [2.45, 2.75) is 24.8 Å². The van der Waals surface area contributed by atoms with E-state index < -0.39 is 22.7 Å². The van der Waals surface area contributed by atoms with Gasteiger partial charge in [0.15, 0.2) is 0 Å². The predicted octanol–water partition coefficient (Wildman–Crippen LogP) is 0.844. The van der Waals surface area contributed by atoms with Gasteiger partial charge in [-0.05, 0) is 12.5 Å². The molecule has 0 atom stereocenters. The molecule has 0 fully saturated rings. The maximum absolute atomic E-state index is 11.9. The van der Waals surface area contributed by atoms with Crippen LogP contribution in [0.3, 0.4) is 0 Å². The Labute approximate surface area is 104 Å². The Balaban J connectivity index is 3.11. The fraction of sp³-hybridized carbons (Fsp3) is 0.500. The minimum absolute atomic E-state index is 0.0996. The van der Waals surface area contributed by atoms with Gasteiger partial charge >= 0.3 is 5.97 Å². The van der Waals surface area contributed by atoms with Crippen LogP contribution in [-0.2, 0) is 16.6 Å². The van der Waals surface area contributed by atoms with E-state index in [1.165, 1.54) is 10.8 Å². The Kier molecular flexibility index (Phi) is 4.85. The molecule has 0 aromatic carbocycles. The van der Waals surface area contributed by atoms with Gasteiger partial charge in [-0.1, -0.05) is 6.92 Å². The van der Waals surface area contributed by atoms with Gasteiger partial charge in [0, 0.05) is 19.3 Å². The lowest BCUT2D eigenvalue weighted by Gasteiger charge is -2.03. The Hall–Kier alpha value is -1.41. The second-order valence-electron chi connectivity index (χ2n) is 3.65. The molecule has 1 aromatic heterocycles. The molecule has 0 saturated carbocycles. The SMILES string of the molecule is CCCn1cc(S(=O)(=O)NCCF)cc1C(=O)O. The number of aromatic nitrogens is 1. The van der Waals surface area contributed by atoms with Crippen molar-refractivity contribution < 1.29 is 22.7 Å². The van der Waals surface area contributed by atoms with Gasteiger partial charge in [-0.25, -0.2) is 22.3 Å². The molecule has 0 radical (unpaired) electrons. The topological polar surface area (TPSA) is 88.4 Å². The minimum atomic E-state index is -3.85. The van der Waals surface area contributed by atoms with Crippen LogP contribution in [0.25, 0.3) is 0 Å². The summed E-state index contributed by atoms with van der Waals surface area (Å²) >= 11 is 0. The van der Waals surface area contributed by atoms with Crippen LogP contribution in [0, 0.1) is 0 Å². The monoisotopic (exact) mass is 278 g/mol. The van der Waals surface area contributed by atoms with E-state index in [-0.39, 0.29) is 17.1 Å². The molecule has 0 aliphatic carbocycles. The Morgan fingerprint density at radius 1 is 1.56 bits per heavy atom. The van der Waals surface area contributed by atoms with Crippen molar-refractivity contribution in [3.05, 3.63) is 18.0 Å². The standard InChI is InChI=1S/C10H15FN2O4S/c1-2-5-13-7-8(6-9(13)10(14)15)18(16,17)12-4-3-11/h6-7,12H,2-5H2,1H3,(H,14,15). The average Bonchev–Trinajstić information content (AvgIpc) is 2.72. The van der Waals surface area contributed by atoms with Crippen molar-refractivity contribution in [3.8, 4) is 0 Å². The van der Waals surface area contributed by atoms with Crippen LogP contribution in [-0.4, -0.2) is 37.3 Å². The number of halogens is 1. The van der Waals surface area contributed by atoms with Crippen molar-refractivity contribution in [1.82, 2.24) is 9.29 Å². The highest BCUT2D eigenvalue weighted by Crippen LogP contribution is 2.15. The van der Waals surface area contributed by atoms with Crippen molar-refractivity contribution in [1.29, 1.82) is 0 Å². The average molecular weight is 278 g/mol. The lowest BCUT2D eigenvalue weighted by atomic mass is 10.4. The first-order valence-electron chi connectivity index (χ1n) is 5.41. The number of hydrogen-bond acceptors (Lipinski definition) is 3. The summed E-state index contributed by atoms with van der Waals surface area (Å²) in [7, 11) is -3.85. The molecule has 1 rings (SSSR count). The highest BCUT2D eigenvalue weighted by atomic mass is 32.2. The molecule has 1 heterocycles. The molecular weight excluding hydrogens is 263 g/mol. The number of nitrogens with one attached hydrogen (secondary N) is 1. The molecule has 8 heteroatoms. The summed E-state index contributed by atoms with van der Waals surface area (Å²) in [5.74, 6) is -1.20. The van der Waals surface area contributed by atoms with Crippen LogP contribution in [0.4, 0.5) is 4.39 Å². The minimum Gasteiger partial charge on any atom is -0.477 e. The zero-order valence-corrected chi connectivity index (χ0v) is 10.7. The van der Waals surface area contributed by atoms with Crippen LogP contribution >= 0.6 is 0 Å². The Morgan fingerprint density at radius 2 is 2.22 bits per heavy atom. The summed E-state index contributed by atoms with van der Waals surface area (Å²) in [5, 5.41) is 8.95. The number of alkyl halides is 1. The second kappa shape index (κ2) is 5.96. The second-order valence-corrected chi connectivity index (χ2v) is 5.41. The lowest BCUT2D eigenvalue weighted by molar-refractivity contribution is 0.0685. The Morgan fingerprint density at radius 3 is 2.72 bits per heavy atom. The van der Waals surface area contributed by atoms with E-state index in [0.717, 1.165) is 6.07 Å². The van der Waals surface area contributed by atoms with Gasteiger partial charge in [0.2, 0.25) is 10.0 Å².